The van der Waals surface area contributed by atoms with E-state index in [-0.39, 0.29) is 11.5 Å². The second kappa shape index (κ2) is 11.0. The van der Waals surface area contributed by atoms with Gasteiger partial charge < -0.3 is 14.1 Å². The Hall–Kier alpha value is -3.22. The van der Waals surface area contributed by atoms with Gasteiger partial charge >= 0.3 is 5.97 Å². The van der Waals surface area contributed by atoms with E-state index in [1.807, 2.05) is 48.5 Å². The lowest BCUT2D eigenvalue weighted by Crippen LogP contribution is -2.19. The lowest BCUT2D eigenvalue weighted by molar-refractivity contribution is 0.0699. The molecule has 0 aliphatic heterocycles. The number of aromatic nitrogens is 1. The summed E-state index contributed by atoms with van der Waals surface area (Å²) in [4.78, 5) is 28.9. The van der Waals surface area contributed by atoms with Crippen LogP contribution in [0.3, 0.4) is 0 Å². The van der Waals surface area contributed by atoms with Gasteiger partial charge in [-0.05, 0) is 86.5 Å². The molecule has 0 saturated heterocycles. The van der Waals surface area contributed by atoms with Crippen LogP contribution in [0.5, 0.6) is 5.75 Å². The zero-order chi connectivity index (χ0) is 25.9. The summed E-state index contributed by atoms with van der Waals surface area (Å²) in [5.41, 5.74) is 5.98. The number of furan rings is 1. The molecule has 0 aliphatic carbocycles. The molecule has 0 atom stereocenters. The summed E-state index contributed by atoms with van der Waals surface area (Å²) in [6, 6.07) is 22.2. The highest BCUT2D eigenvalue weighted by atomic mass is 127. The number of hydrogen-bond donors (Lipinski definition) is 2. The third-order valence-electron chi connectivity index (χ3n) is 5.37. The van der Waals surface area contributed by atoms with E-state index in [0.29, 0.717) is 15.7 Å². The third kappa shape index (κ3) is 5.55. The number of nitrogens with one attached hydrogen (secondary N) is 2. The molecule has 2 N–H and O–H groups in total. The molecular weight excluding hydrogens is 717 g/mol. The van der Waals surface area contributed by atoms with Crippen molar-refractivity contribution >= 4 is 83.4 Å². The molecule has 184 valence electrons. The summed E-state index contributed by atoms with van der Waals surface area (Å²) in [7, 11) is 0. The van der Waals surface area contributed by atoms with Crippen molar-refractivity contribution < 1.29 is 18.7 Å². The fourth-order valence-corrected chi connectivity index (χ4v) is 5.61. The van der Waals surface area contributed by atoms with Crippen molar-refractivity contribution in [2.45, 2.75) is 0 Å². The molecule has 10 heteroatoms. The molecule has 0 unspecified atom stereocenters. The molecule has 0 aliphatic rings. The fourth-order valence-electron chi connectivity index (χ4n) is 3.78. The number of aromatic amines is 1. The maximum absolute atomic E-state index is 13.3. The normalized spacial score (nSPS) is 11.2. The molecule has 5 aromatic rings. The van der Waals surface area contributed by atoms with Gasteiger partial charge in [-0.2, -0.15) is 5.10 Å². The minimum absolute atomic E-state index is 0.0629. The smallest absolute Gasteiger partial charge is 0.379 e. The predicted octanol–water partition coefficient (Wildman–Crippen LogP) is 7.54. The first-order chi connectivity index (χ1) is 17.9. The Labute approximate surface area is 241 Å². The lowest BCUT2D eigenvalue weighted by atomic mass is 10.0. The van der Waals surface area contributed by atoms with Crippen LogP contribution in [0.4, 0.5) is 0 Å². The van der Waals surface area contributed by atoms with Gasteiger partial charge in [0.05, 0.1) is 17.0 Å². The molecule has 3 aromatic carbocycles. The van der Waals surface area contributed by atoms with E-state index in [1.54, 1.807) is 18.2 Å². The Morgan fingerprint density at radius 2 is 1.84 bits per heavy atom. The standard InChI is InChI=1S/C27H16Br2IN3O4/c28-17-11-16(25(20(29)12-17)37-27(35)22-7-4-10-36-22)14-31-33-26(34)24-23(15-5-2-1-3-6-15)19-13-18(30)8-9-21(19)32-24/h1-14,32H,(H,33,34). The van der Waals surface area contributed by atoms with Crippen molar-refractivity contribution in [1.82, 2.24) is 10.4 Å². The van der Waals surface area contributed by atoms with Crippen LogP contribution in [0.2, 0.25) is 0 Å². The van der Waals surface area contributed by atoms with Crippen LogP contribution in [0, 0.1) is 3.57 Å². The minimum atomic E-state index is -0.660. The molecule has 0 bridgehead atoms. The molecule has 2 aromatic heterocycles. The van der Waals surface area contributed by atoms with Gasteiger partial charge in [0.1, 0.15) is 5.69 Å². The van der Waals surface area contributed by atoms with Crippen molar-refractivity contribution in [2.24, 2.45) is 5.10 Å². The molecule has 2 heterocycles. The second-order valence-electron chi connectivity index (χ2n) is 7.80. The van der Waals surface area contributed by atoms with Gasteiger partial charge in [0.2, 0.25) is 5.76 Å². The van der Waals surface area contributed by atoms with E-state index in [0.717, 1.165) is 30.1 Å². The molecule has 5 rings (SSSR count). The highest BCUT2D eigenvalue weighted by Gasteiger charge is 2.20. The molecule has 0 spiro atoms. The fraction of sp³-hybridized carbons (Fsp3) is 0. The minimum Gasteiger partial charge on any atom is -0.457 e. The third-order valence-corrected chi connectivity index (χ3v) is 7.09. The molecule has 7 nitrogen and oxygen atoms in total. The lowest BCUT2D eigenvalue weighted by Gasteiger charge is -2.09. The molecule has 0 fully saturated rings. The zero-order valence-electron chi connectivity index (χ0n) is 18.8. The van der Waals surface area contributed by atoms with Crippen molar-refractivity contribution in [3.8, 4) is 16.9 Å². The van der Waals surface area contributed by atoms with Gasteiger partial charge in [-0.1, -0.05) is 46.3 Å². The van der Waals surface area contributed by atoms with Gasteiger partial charge in [-0.15, -0.1) is 0 Å². The number of esters is 1. The number of H-pyrrole nitrogens is 1. The number of carbonyl (C=O) groups excluding carboxylic acids is 2. The maximum Gasteiger partial charge on any atom is 0.379 e. The Balaban J connectivity index is 1.45. The van der Waals surface area contributed by atoms with E-state index in [4.69, 9.17) is 9.15 Å². The van der Waals surface area contributed by atoms with E-state index >= 15 is 0 Å². The number of amides is 1. The Kier molecular flexibility index (Phi) is 7.58. The largest absolute Gasteiger partial charge is 0.457 e. The maximum atomic E-state index is 13.3. The van der Waals surface area contributed by atoms with Gasteiger partial charge in [-0.3, -0.25) is 4.79 Å². The summed E-state index contributed by atoms with van der Waals surface area (Å²) in [5.74, 6) is -0.780. The SMILES string of the molecule is O=C(Oc1c(Br)cc(Br)cc1C=NNC(=O)c1[nH]c2ccc(I)cc2c1-c1ccccc1)c1ccco1. The number of fused-ring (bicyclic) bond motifs is 1. The topological polar surface area (TPSA) is 96.7 Å². The first-order valence-corrected chi connectivity index (χ1v) is 13.5. The summed E-state index contributed by atoms with van der Waals surface area (Å²) in [6.07, 6.45) is 2.80. The molecule has 37 heavy (non-hydrogen) atoms. The van der Waals surface area contributed by atoms with E-state index in [2.05, 4.69) is 70.0 Å². The first kappa shape index (κ1) is 25.4. The van der Waals surface area contributed by atoms with E-state index in [9.17, 15) is 9.59 Å². The Bertz CT molecular complexity index is 1650. The summed E-state index contributed by atoms with van der Waals surface area (Å²) < 4.78 is 13.0. The average molecular weight is 733 g/mol. The van der Waals surface area contributed by atoms with Crippen LogP contribution in [0.1, 0.15) is 26.6 Å². The van der Waals surface area contributed by atoms with Gasteiger partial charge in [0.25, 0.3) is 5.91 Å². The number of nitrogens with zero attached hydrogens (tertiary/aromatic N) is 1. The van der Waals surface area contributed by atoms with Crippen LogP contribution in [0.25, 0.3) is 22.0 Å². The number of ether oxygens (including phenoxy) is 1. The van der Waals surface area contributed by atoms with Gasteiger partial charge in [0.15, 0.2) is 5.75 Å². The van der Waals surface area contributed by atoms with Gasteiger partial charge in [-0.25, -0.2) is 10.2 Å². The average Bonchev–Trinajstić information content (AvgIpc) is 3.55. The van der Waals surface area contributed by atoms with Crippen LogP contribution >= 0.6 is 54.5 Å². The summed E-state index contributed by atoms with van der Waals surface area (Å²) in [5, 5.41) is 5.09. The highest BCUT2D eigenvalue weighted by Crippen LogP contribution is 2.34. The Morgan fingerprint density at radius 1 is 1.03 bits per heavy atom. The number of carbonyl (C=O) groups is 2. The van der Waals surface area contributed by atoms with Crippen molar-refractivity contribution in [3.05, 3.63) is 109 Å². The quantitative estimate of drug-likeness (QED) is 0.0620. The van der Waals surface area contributed by atoms with Crippen molar-refractivity contribution in [3.63, 3.8) is 0 Å². The van der Waals surface area contributed by atoms with Crippen LogP contribution in [0.15, 0.2) is 97.5 Å². The van der Waals surface area contributed by atoms with Crippen LogP contribution < -0.4 is 10.2 Å². The number of rotatable bonds is 6. The van der Waals surface area contributed by atoms with E-state index < -0.39 is 11.9 Å². The van der Waals surface area contributed by atoms with Gasteiger partial charge in [0, 0.05) is 30.1 Å². The highest BCUT2D eigenvalue weighted by molar-refractivity contribution is 14.1. The molecule has 0 radical (unpaired) electrons. The Morgan fingerprint density at radius 3 is 2.59 bits per heavy atom. The number of hydrazone groups is 1. The van der Waals surface area contributed by atoms with Crippen LogP contribution in [-0.4, -0.2) is 23.1 Å². The summed E-state index contributed by atoms with van der Waals surface area (Å²) >= 11 is 9.09. The molecular formula is C27H16Br2IN3O4. The zero-order valence-corrected chi connectivity index (χ0v) is 24.1. The molecule has 1 amide bonds. The van der Waals surface area contributed by atoms with Crippen LogP contribution in [-0.2, 0) is 0 Å². The first-order valence-electron chi connectivity index (χ1n) is 10.9. The van der Waals surface area contributed by atoms with E-state index in [1.165, 1.54) is 18.5 Å². The predicted molar refractivity (Wildman–Crippen MR) is 157 cm³/mol. The molecule has 0 saturated carbocycles. The number of halogens is 3. The van der Waals surface area contributed by atoms with Crippen molar-refractivity contribution in [1.29, 1.82) is 0 Å². The second-order valence-corrected chi connectivity index (χ2v) is 10.8. The number of benzene rings is 3. The number of hydrogen-bond acceptors (Lipinski definition) is 5. The monoisotopic (exact) mass is 731 g/mol. The summed E-state index contributed by atoms with van der Waals surface area (Å²) in [6.45, 7) is 0. The van der Waals surface area contributed by atoms with Crippen molar-refractivity contribution in [2.75, 3.05) is 0 Å².